The van der Waals surface area contributed by atoms with Crippen LogP contribution in [0, 0.1) is 13.8 Å². The molecular formula is C24H33N3O3. The number of aromatic amines is 1. The number of nitrogens with zero attached hydrogens (tertiary/aromatic N) is 2. The first-order chi connectivity index (χ1) is 14.4. The number of likely N-dealkylation sites (tertiary alicyclic amines) is 1. The lowest BCUT2D eigenvalue weighted by atomic mass is 10.0. The Hall–Kier alpha value is -2.60. The van der Waals surface area contributed by atoms with Crippen LogP contribution in [0.3, 0.4) is 0 Å². The van der Waals surface area contributed by atoms with Gasteiger partial charge >= 0.3 is 5.97 Å². The van der Waals surface area contributed by atoms with Gasteiger partial charge < -0.3 is 19.5 Å². The third-order valence-corrected chi connectivity index (χ3v) is 6.03. The topological polar surface area (TPSA) is 65.6 Å². The molecular weight excluding hydrogens is 378 g/mol. The third-order valence-electron chi connectivity index (χ3n) is 6.03. The van der Waals surface area contributed by atoms with Crippen LogP contribution in [0.2, 0.25) is 0 Å². The molecule has 6 nitrogen and oxygen atoms in total. The maximum Gasteiger partial charge on any atom is 0.340 e. The van der Waals surface area contributed by atoms with Crippen molar-refractivity contribution in [2.75, 3.05) is 33.3 Å². The predicted octanol–water partition coefficient (Wildman–Crippen LogP) is 3.59. The minimum Gasteiger partial charge on any atom is -0.462 e. The lowest BCUT2D eigenvalue weighted by Crippen LogP contribution is -2.49. The minimum atomic E-state index is -0.375. The number of rotatable bonds is 7. The van der Waals surface area contributed by atoms with Crippen LogP contribution in [-0.2, 0) is 11.2 Å². The van der Waals surface area contributed by atoms with Crippen molar-refractivity contribution in [1.29, 1.82) is 0 Å². The molecule has 0 aliphatic carbocycles. The molecule has 2 heterocycles. The van der Waals surface area contributed by atoms with Gasteiger partial charge in [-0.15, -0.1) is 0 Å². The standard InChI is InChI=1S/C24H33N3O3/c1-5-30-24(29)21-17(2)22(25-18(21)3)23(28)27-14-9-12-20(16-27)26(4)15-13-19-10-7-6-8-11-19/h6-8,10-11,20,25H,5,9,12-16H2,1-4H3. The second-order valence-electron chi connectivity index (χ2n) is 8.11. The van der Waals surface area contributed by atoms with E-state index in [0.29, 0.717) is 41.7 Å². The van der Waals surface area contributed by atoms with E-state index in [4.69, 9.17) is 4.74 Å². The van der Waals surface area contributed by atoms with Gasteiger partial charge in [-0.3, -0.25) is 4.79 Å². The average Bonchev–Trinajstić information content (AvgIpc) is 3.06. The molecule has 1 unspecified atom stereocenters. The van der Waals surface area contributed by atoms with Gasteiger partial charge in [-0.25, -0.2) is 4.79 Å². The first kappa shape index (κ1) is 22.1. The lowest BCUT2D eigenvalue weighted by Gasteiger charge is -2.37. The summed E-state index contributed by atoms with van der Waals surface area (Å²) in [5.74, 6) is -0.410. The van der Waals surface area contributed by atoms with Crippen LogP contribution in [0.4, 0.5) is 0 Å². The summed E-state index contributed by atoms with van der Waals surface area (Å²) in [4.78, 5) is 32.9. The van der Waals surface area contributed by atoms with Crippen LogP contribution >= 0.6 is 0 Å². The molecule has 3 rings (SSSR count). The van der Waals surface area contributed by atoms with Crippen LogP contribution in [0.25, 0.3) is 0 Å². The molecule has 1 aromatic carbocycles. The highest BCUT2D eigenvalue weighted by atomic mass is 16.5. The Labute approximate surface area is 179 Å². The van der Waals surface area contributed by atoms with E-state index in [1.807, 2.05) is 24.8 Å². The van der Waals surface area contributed by atoms with Gasteiger partial charge in [0.2, 0.25) is 0 Å². The molecule has 1 aromatic heterocycles. The lowest BCUT2D eigenvalue weighted by molar-refractivity contribution is 0.0525. The summed E-state index contributed by atoms with van der Waals surface area (Å²) in [5, 5.41) is 0. The van der Waals surface area contributed by atoms with Gasteiger partial charge in [-0.2, -0.15) is 0 Å². The molecule has 1 aliphatic rings. The Bertz CT molecular complexity index is 875. The van der Waals surface area contributed by atoms with Gasteiger partial charge in [-0.05, 0) is 58.2 Å². The molecule has 0 saturated carbocycles. The van der Waals surface area contributed by atoms with Crippen LogP contribution in [-0.4, -0.2) is 66.0 Å². The van der Waals surface area contributed by atoms with Gasteiger partial charge in [0, 0.05) is 31.4 Å². The molecule has 1 atom stereocenters. The fourth-order valence-electron chi connectivity index (χ4n) is 4.26. The summed E-state index contributed by atoms with van der Waals surface area (Å²) >= 11 is 0. The number of aryl methyl sites for hydroxylation is 1. The van der Waals surface area contributed by atoms with Crippen LogP contribution in [0.5, 0.6) is 0 Å². The summed E-state index contributed by atoms with van der Waals surface area (Å²) in [7, 11) is 2.14. The van der Waals surface area contributed by atoms with Crippen molar-refractivity contribution in [3.05, 3.63) is 58.4 Å². The van der Waals surface area contributed by atoms with E-state index >= 15 is 0 Å². The molecule has 2 aromatic rings. The van der Waals surface area contributed by atoms with Crippen molar-refractivity contribution in [2.24, 2.45) is 0 Å². The Balaban J connectivity index is 1.65. The number of carbonyl (C=O) groups is 2. The number of hydrogen-bond donors (Lipinski definition) is 1. The Kier molecular flexibility index (Phi) is 7.32. The molecule has 30 heavy (non-hydrogen) atoms. The number of amides is 1. The van der Waals surface area contributed by atoms with E-state index in [1.54, 1.807) is 6.92 Å². The van der Waals surface area contributed by atoms with E-state index in [1.165, 1.54) is 5.56 Å². The largest absolute Gasteiger partial charge is 0.462 e. The number of aromatic nitrogens is 1. The maximum absolute atomic E-state index is 13.2. The number of piperidine rings is 1. The quantitative estimate of drug-likeness (QED) is 0.707. The summed E-state index contributed by atoms with van der Waals surface area (Å²) in [5.41, 5.74) is 3.67. The van der Waals surface area contributed by atoms with E-state index in [2.05, 4.69) is 41.2 Å². The van der Waals surface area contributed by atoms with Crippen molar-refractivity contribution in [1.82, 2.24) is 14.8 Å². The summed E-state index contributed by atoms with van der Waals surface area (Å²) in [6.45, 7) is 8.14. The zero-order chi connectivity index (χ0) is 21.7. The minimum absolute atomic E-state index is 0.0349. The van der Waals surface area contributed by atoms with Crippen molar-refractivity contribution in [2.45, 2.75) is 46.1 Å². The SMILES string of the molecule is CCOC(=O)c1c(C)[nH]c(C(=O)N2CCCC(N(C)CCc3ccccc3)C2)c1C. The summed E-state index contributed by atoms with van der Waals surface area (Å²) in [6, 6.07) is 10.8. The number of benzene rings is 1. The fourth-order valence-corrected chi connectivity index (χ4v) is 4.26. The second-order valence-corrected chi connectivity index (χ2v) is 8.11. The second kappa shape index (κ2) is 9.94. The number of ether oxygens (including phenoxy) is 1. The van der Waals surface area contributed by atoms with Crippen LogP contribution < -0.4 is 0 Å². The molecule has 1 N–H and O–H groups in total. The van der Waals surface area contributed by atoms with E-state index in [0.717, 1.165) is 32.4 Å². The fraction of sp³-hybridized carbons (Fsp3) is 0.500. The van der Waals surface area contributed by atoms with Gasteiger partial charge in [0.1, 0.15) is 5.69 Å². The average molecular weight is 412 g/mol. The van der Waals surface area contributed by atoms with Crippen molar-refractivity contribution in [3.63, 3.8) is 0 Å². The Morgan fingerprint density at radius 3 is 2.67 bits per heavy atom. The van der Waals surface area contributed by atoms with Crippen molar-refractivity contribution < 1.29 is 14.3 Å². The Morgan fingerprint density at radius 1 is 1.23 bits per heavy atom. The summed E-state index contributed by atoms with van der Waals surface area (Å²) in [6.07, 6.45) is 3.07. The van der Waals surface area contributed by atoms with E-state index in [9.17, 15) is 9.59 Å². The van der Waals surface area contributed by atoms with Gasteiger partial charge in [0.25, 0.3) is 5.91 Å². The first-order valence-corrected chi connectivity index (χ1v) is 10.8. The summed E-state index contributed by atoms with van der Waals surface area (Å²) < 4.78 is 5.15. The van der Waals surface area contributed by atoms with Crippen molar-refractivity contribution >= 4 is 11.9 Å². The van der Waals surface area contributed by atoms with E-state index < -0.39 is 0 Å². The molecule has 6 heteroatoms. The molecule has 162 valence electrons. The van der Waals surface area contributed by atoms with Gasteiger partial charge in [0.05, 0.1) is 12.2 Å². The number of hydrogen-bond acceptors (Lipinski definition) is 4. The molecule has 0 spiro atoms. The first-order valence-electron chi connectivity index (χ1n) is 10.8. The zero-order valence-electron chi connectivity index (χ0n) is 18.5. The monoisotopic (exact) mass is 411 g/mol. The molecule has 1 saturated heterocycles. The molecule has 1 fully saturated rings. The van der Waals surface area contributed by atoms with Crippen molar-refractivity contribution in [3.8, 4) is 0 Å². The van der Waals surface area contributed by atoms with Crippen LogP contribution in [0.15, 0.2) is 30.3 Å². The molecule has 0 bridgehead atoms. The number of likely N-dealkylation sites (N-methyl/N-ethyl adjacent to an activating group) is 1. The highest BCUT2D eigenvalue weighted by molar-refractivity contribution is 6.00. The van der Waals surface area contributed by atoms with Gasteiger partial charge in [0.15, 0.2) is 0 Å². The highest BCUT2D eigenvalue weighted by Crippen LogP contribution is 2.23. The number of H-pyrrole nitrogens is 1. The number of nitrogens with one attached hydrogen (secondary N) is 1. The Morgan fingerprint density at radius 2 is 1.97 bits per heavy atom. The zero-order valence-corrected chi connectivity index (χ0v) is 18.5. The highest BCUT2D eigenvalue weighted by Gasteiger charge is 2.30. The maximum atomic E-state index is 13.2. The number of esters is 1. The molecule has 1 aliphatic heterocycles. The van der Waals surface area contributed by atoms with E-state index in [-0.39, 0.29) is 11.9 Å². The number of carbonyl (C=O) groups excluding carboxylic acids is 2. The molecule has 1 amide bonds. The smallest absolute Gasteiger partial charge is 0.340 e. The molecule has 0 radical (unpaired) electrons. The predicted molar refractivity (Wildman–Crippen MR) is 118 cm³/mol. The van der Waals surface area contributed by atoms with Gasteiger partial charge in [-0.1, -0.05) is 30.3 Å². The van der Waals surface area contributed by atoms with Crippen LogP contribution in [0.1, 0.15) is 57.4 Å². The normalized spacial score (nSPS) is 16.7. The third kappa shape index (κ3) is 4.93.